The monoisotopic (exact) mass is 276 g/mol. The lowest BCUT2D eigenvalue weighted by Gasteiger charge is -2.26. The number of carbonyl (C=O) groups excluding carboxylic acids is 2. The lowest BCUT2D eigenvalue weighted by atomic mass is 9.78. The van der Waals surface area contributed by atoms with Crippen LogP contribution in [-0.4, -0.2) is 18.9 Å². The van der Waals surface area contributed by atoms with Crippen molar-refractivity contribution in [3.8, 4) is 5.75 Å². The molecule has 1 atom stereocenters. The quantitative estimate of drug-likeness (QED) is 0.678. The molecule has 1 aliphatic heterocycles. The highest BCUT2D eigenvalue weighted by Crippen LogP contribution is 2.42. The Hall–Kier alpha value is -2.04. The summed E-state index contributed by atoms with van der Waals surface area (Å²) in [6.07, 6.45) is 0.232. The number of methoxy groups -OCH3 is 1. The smallest absolute Gasteiger partial charge is 0.240 e. The molecule has 0 aromatic heterocycles. The summed E-state index contributed by atoms with van der Waals surface area (Å²) in [7, 11) is 1.52. The maximum absolute atomic E-state index is 12.6. The molecule has 108 valence electrons. The predicted molar refractivity (Wildman–Crippen MR) is 77.5 cm³/mol. The van der Waals surface area contributed by atoms with Crippen molar-refractivity contribution in [1.29, 1.82) is 0 Å². The number of rotatable bonds is 3. The summed E-state index contributed by atoms with van der Waals surface area (Å²) < 4.78 is 5.08. The van der Waals surface area contributed by atoms with Crippen molar-refractivity contribution in [2.45, 2.75) is 27.2 Å². The van der Waals surface area contributed by atoms with E-state index in [9.17, 15) is 9.59 Å². The first-order valence-corrected chi connectivity index (χ1v) is 6.62. The van der Waals surface area contributed by atoms with Gasteiger partial charge in [0.15, 0.2) is 0 Å². The molecule has 5 heteroatoms. The lowest BCUT2D eigenvalue weighted by molar-refractivity contribution is -0.126. The number of benzene rings is 1. The molecule has 1 unspecified atom stereocenters. The molecule has 1 aromatic carbocycles. The highest BCUT2D eigenvalue weighted by Gasteiger charge is 2.50. The molecule has 0 radical (unpaired) electrons. The molecular formula is C15H20N2O3. The number of nitrogens with two attached hydrogens (primary N) is 1. The van der Waals surface area contributed by atoms with Crippen LogP contribution in [0.25, 0.3) is 0 Å². The van der Waals surface area contributed by atoms with Gasteiger partial charge in [-0.15, -0.1) is 0 Å². The SMILES string of the molecule is COc1ccc(N2C(=O)CC(C)(C(C)C)C2=O)cc1N. The Labute approximate surface area is 118 Å². The average Bonchev–Trinajstić information content (AvgIpc) is 2.61. The second-order valence-electron chi connectivity index (χ2n) is 5.71. The summed E-state index contributed by atoms with van der Waals surface area (Å²) >= 11 is 0. The molecule has 20 heavy (non-hydrogen) atoms. The van der Waals surface area contributed by atoms with E-state index in [1.54, 1.807) is 18.2 Å². The van der Waals surface area contributed by atoms with E-state index >= 15 is 0 Å². The van der Waals surface area contributed by atoms with E-state index in [0.717, 1.165) is 0 Å². The Kier molecular flexibility index (Phi) is 3.46. The number of hydrogen-bond donors (Lipinski definition) is 1. The number of ether oxygens (including phenoxy) is 1. The topological polar surface area (TPSA) is 72.6 Å². The van der Waals surface area contributed by atoms with Crippen LogP contribution < -0.4 is 15.4 Å². The number of carbonyl (C=O) groups is 2. The molecule has 1 aliphatic rings. The van der Waals surface area contributed by atoms with E-state index in [4.69, 9.17) is 10.5 Å². The minimum Gasteiger partial charge on any atom is -0.495 e. The Morgan fingerprint density at radius 1 is 1.35 bits per heavy atom. The van der Waals surface area contributed by atoms with Gasteiger partial charge >= 0.3 is 0 Å². The molecule has 1 saturated heterocycles. The number of imide groups is 1. The van der Waals surface area contributed by atoms with E-state index in [-0.39, 0.29) is 24.2 Å². The van der Waals surface area contributed by atoms with Crippen LogP contribution in [0.1, 0.15) is 27.2 Å². The van der Waals surface area contributed by atoms with Crippen molar-refractivity contribution in [2.75, 3.05) is 17.7 Å². The Morgan fingerprint density at radius 2 is 2.00 bits per heavy atom. The van der Waals surface area contributed by atoms with Crippen LogP contribution in [-0.2, 0) is 9.59 Å². The molecule has 1 fully saturated rings. The van der Waals surface area contributed by atoms with Crippen LogP contribution in [0.15, 0.2) is 18.2 Å². The minimum atomic E-state index is -0.647. The zero-order valence-electron chi connectivity index (χ0n) is 12.3. The van der Waals surface area contributed by atoms with Crippen LogP contribution in [0.3, 0.4) is 0 Å². The molecular weight excluding hydrogens is 256 g/mol. The van der Waals surface area contributed by atoms with Crippen molar-refractivity contribution < 1.29 is 14.3 Å². The fraction of sp³-hybridized carbons (Fsp3) is 0.467. The van der Waals surface area contributed by atoms with Crippen molar-refractivity contribution in [1.82, 2.24) is 0 Å². The van der Waals surface area contributed by atoms with E-state index in [2.05, 4.69) is 0 Å². The molecule has 1 aromatic rings. The van der Waals surface area contributed by atoms with Gasteiger partial charge in [-0.05, 0) is 31.0 Å². The van der Waals surface area contributed by atoms with Gasteiger partial charge < -0.3 is 10.5 Å². The van der Waals surface area contributed by atoms with E-state index < -0.39 is 5.41 Å². The van der Waals surface area contributed by atoms with Gasteiger partial charge in [-0.1, -0.05) is 13.8 Å². The highest BCUT2D eigenvalue weighted by molar-refractivity contribution is 6.22. The summed E-state index contributed by atoms with van der Waals surface area (Å²) in [6.45, 7) is 5.75. The Morgan fingerprint density at radius 3 is 2.45 bits per heavy atom. The number of nitrogens with zero attached hydrogens (tertiary/aromatic N) is 1. The third-order valence-corrected chi connectivity index (χ3v) is 4.21. The fourth-order valence-electron chi connectivity index (χ4n) is 2.41. The lowest BCUT2D eigenvalue weighted by Crippen LogP contribution is -2.36. The largest absolute Gasteiger partial charge is 0.495 e. The first-order chi connectivity index (χ1) is 9.31. The van der Waals surface area contributed by atoms with Gasteiger partial charge in [0.05, 0.1) is 23.9 Å². The van der Waals surface area contributed by atoms with Gasteiger partial charge in [-0.25, -0.2) is 4.90 Å². The highest BCUT2D eigenvalue weighted by atomic mass is 16.5. The number of nitrogen functional groups attached to an aromatic ring is 1. The third-order valence-electron chi connectivity index (χ3n) is 4.21. The second kappa shape index (κ2) is 4.81. The Balaban J connectivity index is 2.41. The van der Waals surface area contributed by atoms with Crippen molar-refractivity contribution in [2.24, 2.45) is 11.3 Å². The van der Waals surface area contributed by atoms with Crippen LogP contribution in [0.4, 0.5) is 11.4 Å². The first-order valence-electron chi connectivity index (χ1n) is 6.62. The van der Waals surface area contributed by atoms with E-state index in [0.29, 0.717) is 17.1 Å². The molecule has 2 amide bonds. The van der Waals surface area contributed by atoms with Crippen LogP contribution in [0.5, 0.6) is 5.75 Å². The zero-order chi connectivity index (χ0) is 15.1. The number of anilines is 2. The summed E-state index contributed by atoms with van der Waals surface area (Å²) in [5.74, 6) is 0.275. The van der Waals surface area contributed by atoms with Gasteiger partial charge in [0, 0.05) is 6.42 Å². The molecule has 0 spiro atoms. The predicted octanol–water partition coefficient (Wildman–Crippen LogP) is 2.20. The normalized spacial score (nSPS) is 22.8. The van der Waals surface area contributed by atoms with Crippen molar-refractivity contribution in [3.05, 3.63) is 18.2 Å². The summed E-state index contributed by atoms with van der Waals surface area (Å²) in [5.41, 5.74) is 6.11. The fourth-order valence-corrected chi connectivity index (χ4v) is 2.41. The number of hydrogen-bond acceptors (Lipinski definition) is 4. The molecule has 1 heterocycles. The van der Waals surface area contributed by atoms with Gasteiger partial charge in [-0.3, -0.25) is 9.59 Å². The van der Waals surface area contributed by atoms with Gasteiger partial charge in [0.25, 0.3) is 0 Å². The minimum absolute atomic E-state index is 0.0968. The molecule has 5 nitrogen and oxygen atoms in total. The molecule has 2 N–H and O–H groups in total. The van der Waals surface area contributed by atoms with Crippen LogP contribution in [0.2, 0.25) is 0 Å². The van der Waals surface area contributed by atoms with Crippen LogP contribution >= 0.6 is 0 Å². The van der Waals surface area contributed by atoms with E-state index in [1.807, 2.05) is 20.8 Å². The summed E-state index contributed by atoms with van der Waals surface area (Å²) in [4.78, 5) is 26.0. The maximum atomic E-state index is 12.6. The van der Waals surface area contributed by atoms with Crippen molar-refractivity contribution in [3.63, 3.8) is 0 Å². The van der Waals surface area contributed by atoms with Gasteiger partial charge in [-0.2, -0.15) is 0 Å². The zero-order valence-corrected chi connectivity index (χ0v) is 12.3. The van der Waals surface area contributed by atoms with Crippen LogP contribution in [0, 0.1) is 11.3 Å². The van der Waals surface area contributed by atoms with E-state index in [1.165, 1.54) is 12.0 Å². The third kappa shape index (κ3) is 2.03. The summed E-state index contributed by atoms with van der Waals surface area (Å²) in [6, 6.07) is 4.94. The van der Waals surface area contributed by atoms with Gasteiger partial charge in [0.1, 0.15) is 5.75 Å². The average molecular weight is 276 g/mol. The summed E-state index contributed by atoms with van der Waals surface area (Å²) in [5, 5.41) is 0. The standard InChI is InChI=1S/C15H20N2O3/c1-9(2)15(3)8-13(18)17(14(15)19)10-5-6-12(20-4)11(16)7-10/h5-7,9H,8,16H2,1-4H3. The Bertz CT molecular complexity index is 568. The van der Waals surface area contributed by atoms with Crippen molar-refractivity contribution >= 4 is 23.2 Å². The molecule has 2 rings (SSSR count). The number of amides is 2. The molecule has 0 saturated carbocycles. The van der Waals surface area contributed by atoms with Gasteiger partial charge in [0.2, 0.25) is 11.8 Å². The molecule has 0 bridgehead atoms. The molecule has 0 aliphatic carbocycles. The first kappa shape index (κ1) is 14.4. The maximum Gasteiger partial charge on any atom is 0.240 e. The second-order valence-corrected chi connectivity index (χ2v) is 5.71.